The minimum Gasteiger partial charge on any atom is -0.352 e. The molecule has 12 heteroatoms. The van der Waals surface area contributed by atoms with Gasteiger partial charge in [0.25, 0.3) is 5.91 Å². The molecule has 39 heavy (non-hydrogen) atoms. The Morgan fingerprint density at radius 1 is 0.949 bits per heavy atom. The van der Waals surface area contributed by atoms with Crippen molar-refractivity contribution in [3.63, 3.8) is 0 Å². The van der Waals surface area contributed by atoms with Crippen LogP contribution in [0, 0.1) is 5.82 Å². The number of H-pyrrole nitrogens is 1. The van der Waals surface area contributed by atoms with Gasteiger partial charge in [-0.1, -0.05) is 42.5 Å². The van der Waals surface area contributed by atoms with Crippen molar-refractivity contribution in [2.45, 2.75) is 12.2 Å². The third kappa shape index (κ3) is 5.84. The van der Waals surface area contributed by atoms with E-state index >= 15 is 0 Å². The van der Waals surface area contributed by atoms with Gasteiger partial charge >= 0.3 is 12.2 Å². The lowest BCUT2D eigenvalue weighted by molar-refractivity contribution is -0.137. The van der Waals surface area contributed by atoms with E-state index in [-0.39, 0.29) is 23.1 Å². The van der Waals surface area contributed by atoms with E-state index < -0.39 is 35.2 Å². The van der Waals surface area contributed by atoms with Crippen LogP contribution in [-0.4, -0.2) is 41.0 Å². The first-order valence-corrected chi connectivity index (χ1v) is 11.9. The zero-order valence-electron chi connectivity index (χ0n) is 20.2. The second-order valence-corrected chi connectivity index (χ2v) is 8.87. The first-order valence-electron chi connectivity index (χ1n) is 11.9. The molecule has 200 valence electrons. The Hall–Kier alpha value is -4.87. The van der Waals surface area contributed by atoms with Crippen LogP contribution in [-0.2, 0) is 6.18 Å². The minimum atomic E-state index is -4.73. The second kappa shape index (κ2) is 10.5. The van der Waals surface area contributed by atoms with Gasteiger partial charge in [-0.15, -0.1) is 0 Å². The minimum absolute atomic E-state index is 0.0727. The molecule has 0 aliphatic carbocycles. The summed E-state index contributed by atoms with van der Waals surface area (Å²) in [5.74, 6) is -0.933. The van der Waals surface area contributed by atoms with E-state index in [0.29, 0.717) is 24.5 Å². The summed E-state index contributed by atoms with van der Waals surface area (Å²) in [6.07, 6.45) is -3.39. The van der Waals surface area contributed by atoms with E-state index in [4.69, 9.17) is 0 Å². The van der Waals surface area contributed by atoms with Crippen molar-refractivity contribution in [1.82, 2.24) is 15.3 Å². The largest absolute Gasteiger partial charge is 0.418 e. The number of carbonyl (C=O) groups excluding carboxylic acids is 2. The van der Waals surface area contributed by atoms with Gasteiger partial charge in [0.15, 0.2) is 0 Å². The predicted molar refractivity (Wildman–Crippen MR) is 138 cm³/mol. The maximum Gasteiger partial charge on any atom is 0.418 e. The number of hydrogen-bond acceptors (Lipinski definition) is 4. The molecule has 8 nitrogen and oxygen atoms in total. The van der Waals surface area contributed by atoms with E-state index in [1.165, 1.54) is 30.5 Å². The molecule has 0 spiro atoms. The third-order valence-electron chi connectivity index (χ3n) is 6.10. The standard InChI is InChI=1S/C27H22F4N6O2/c28-20-8-4-5-9-21(20)36-26(39)34-18-14-37(15-18)23-11-10-17(13-32-23)33-25(38)24-19(27(29,30)31)12-22(35-24)16-6-2-1-3-7-16/h1-13,18,35H,14-15H2,(H,33,38)(H2,34,36,39). The highest BCUT2D eigenvalue weighted by molar-refractivity contribution is 6.04. The number of pyridine rings is 1. The Morgan fingerprint density at radius 3 is 2.33 bits per heavy atom. The molecule has 0 saturated carbocycles. The number of amides is 3. The molecular formula is C27H22F4N6O2. The predicted octanol–water partition coefficient (Wildman–Crippen LogP) is 5.50. The van der Waals surface area contributed by atoms with E-state index in [2.05, 4.69) is 25.9 Å². The number of hydrogen-bond donors (Lipinski definition) is 4. The molecule has 3 heterocycles. The van der Waals surface area contributed by atoms with Crippen molar-refractivity contribution in [1.29, 1.82) is 0 Å². The molecule has 0 unspecified atom stereocenters. The summed E-state index contributed by atoms with van der Waals surface area (Å²) >= 11 is 0. The quantitative estimate of drug-likeness (QED) is 0.244. The topological polar surface area (TPSA) is 102 Å². The van der Waals surface area contributed by atoms with Crippen molar-refractivity contribution >= 4 is 29.1 Å². The Morgan fingerprint density at radius 2 is 1.67 bits per heavy atom. The lowest BCUT2D eigenvalue weighted by Crippen LogP contribution is -2.60. The molecule has 5 rings (SSSR count). The third-order valence-corrected chi connectivity index (χ3v) is 6.10. The van der Waals surface area contributed by atoms with Gasteiger partial charge in [-0.3, -0.25) is 4.79 Å². The van der Waals surface area contributed by atoms with Crippen molar-refractivity contribution in [2.24, 2.45) is 0 Å². The molecule has 4 aromatic rings. The molecule has 0 atom stereocenters. The summed E-state index contributed by atoms with van der Waals surface area (Å²) < 4.78 is 54.6. The molecule has 1 aliphatic rings. The van der Waals surface area contributed by atoms with Gasteiger partial charge in [-0.2, -0.15) is 13.2 Å². The summed E-state index contributed by atoms with van der Waals surface area (Å²) in [6, 6.07) is 17.6. The molecule has 1 aliphatic heterocycles. The number of carbonyl (C=O) groups is 2. The average Bonchev–Trinajstić information content (AvgIpc) is 3.35. The number of anilines is 3. The van der Waals surface area contributed by atoms with Gasteiger partial charge < -0.3 is 25.8 Å². The number of nitrogens with one attached hydrogen (secondary N) is 4. The number of halogens is 4. The fourth-order valence-electron chi connectivity index (χ4n) is 4.13. The van der Waals surface area contributed by atoms with Gasteiger partial charge in [0.1, 0.15) is 17.3 Å². The molecule has 3 amide bonds. The molecular weight excluding hydrogens is 516 g/mol. The van der Waals surface area contributed by atoms with Gasteiger partial charge in [0.05, 0.1) is 29.2 Å². The molecule has 2 aromatic carbocycles. The zero-order valence-corrected chi connectivity index (χ0v) is 20.2. The Kier molecular flexibility index (Phi) is 6.92. The number of urea groups is 1. The van der Waals surface area contributed by atoms with Crippen LogP contribution in [0.2, 0.25) is 0 Å². The van der Waals surface area contributed by atoms with Crippen LogP contribution in [0.4, 0.5) is 39.5 Å². The summed E-state index contributed by atoms with van der Waals surface area (Å²) in [5.41, 5.74) is -0.696. The smallest absolute Gasteiger partial charge is 0.352 e. The normalized spacial score (nSPS) is 13.5. The SMILES string of the molecule is O=C(Nc1ccccc1F)NC1CN(c2ccc(NC(=O)c3[nH]c(-c4ccccc4)cc3C(F)(F)F)cn2)C1. The van der Waals surface area contributed by atoms with Gasteiger partial charge in [-0.05, 0) is 35.9 Å². The maximum atomic E-state index is 13.7. The lowest BCUT2D eigenvalue weighted by atomic mass is 10.1. The Labute approximate surface area is 220 Å². The van der Waals surface area contributed by atoms with E-state index in [0.717, 1.165) is 6.07 Å². The zero-order chi connectivity index (χ0) is 27.6. The van der Waals surface area contributed by atoms with E-state index in [1.54, 1.807) is 42.5 Å². The van der Waals surface area contributed by atoms with E-state index in [1.807, 2.05) is 4.90 Å². The first-order chi connectivity index (χ1) is 18.7. The molecule has 2 aromatic heterocycles. The van der Waals surface area contributed by atoms with Crippen LogP contribution in [0.5, 0.6) is 0 Å². The number of aromatic amines is 1. The number of benzene rings is 2. The van der Waals surface area contributed by atoms with Crippen molar-refractivity contribution in [3.8, 4) is 11.3 Å². The number of para-hydroxylation sites is 1. The van der Waals surface area contributed by atoms with Crippen molar-refractivity contribution in [2.75, 3.05) is 28.6 Å². The number of rotatable bonds is 6. The van der Waals surface area contributed by atoms with Gasteiger partial charge in [0, 0.05) is 18.8 Å². The summed E-state index contributed by atoms with van der Waals surface area (Å²) in [4.78, 5) is 33.6. The van der Waals surface area contributed by atoms with E-state index in [9.17, 15) is 27.2 Å². The number of alkyl halides is 3. The monoisotopic (exact) mass is 538 g/mol. The van der Waals surface area contributed by atoms with Crippen LogP contribution >= 0.6 is 0 Å². The molecule has 1 saturated heterocycles. The summed E-state index contributed by atoms with van der Waals surface area (Å²) in [7, 11) is 0. The highest BCUT2D eigenvalue weighted by Gasteiger charge is 2.37. The average molecular weight is 539 g/mol. The van der Waals surface area contributed by atoms with Crippen LogP contribution in [0.25, 0.3) is 11.3 Å². The molecule has 0 radical (unpaired) electrons. The fraction of sp³-hybridized carbons (Fsp3) is 0.148. The Balaban J connectivity index is 1.18. The number of aromatic nitrogens is 2. The summed E-state index contributed by atoms with van der Waals surface area (Å²) in [6.45, 7) is 0.895. The molecule has 1 fully saturated rings. The highest BCUT2D eigenvalue weighted by Crippen LogP contribution is 2.35. The number of nitrogens with zero attached hydrogens (tertiary/aromatic N) is 2. The van der Waals surface area contributed by atoms with Crippen LogP contribution < -0.4 is 20.9 Å². The van der Waals surface area contributed by atoms with Crippen LogP contribution in [0.15, 0.2) is 79.0 Å². The summed E-state index contributed by atoms with van der Waals surface area (Å²) in [5, 5.41) is 7.65. The second-order valence-electron chi connectivity index (χ2n) is 8.87. The van der Waals surface area contributed by atoms with Crippen molar-refractivity contribution in [3.05, 3.63) is 96.1 Å². The molecule has 4 N–H and O–H groups in total. The Bertz CT molecular complexity index is 1480. The lowest BCUT2D eigenvalue weighted by Gasteiger charge is -2.40. The maximum absolute atomic E-state index is 13.7. The van der Waals surface area contributed by atoms with Crippen LogP contribution in [0.3, 0.4) is 0 Å². The fourth-order valence-corrected chi connectivity index (χ4v) is 4.13. The molecule has 0 bridgehead atoms. The highest BCUT2D eigenvalue weighted by atomic mass is 19.4. The van der Waals surface area contributed by atoms with Crippen molar-refractivity contribution < 1.29 is 27.2 Å². The first kappa shape index (κ1) is 25.8. The van der Waals surface area contributed by atoms with Gasteiger partial charge in [0.2, 0.25) is 0 Å². The van der Waals surface area contributed by atoms with Gasteiger partial charge in [-0.25, -0.2) is 14.2 Å². The van der Waals surface area contributed by atoms with Crippen LogP contribution in [0.1, 0.15) is 16.1 Å².